The molecule has 1 amide bonds. The summed E-state index contributed by atoms with van der Waals surface area (Å²) in [5.41, 5.74) is 2.23. The molecule has 0 bridgehead atoms. The highest BCUT2D eigenvalue weighted by atomic mass is 19.1. The molecule has 1 atom stereocenters. The van der Waals surface area contributed by atoms with Gasteiger partial charge in [0.15, 0.2) is 0 Å². The zero-order valence-corrected chi connectivity index (χ0v) is 17.5. The van der Waals surface area contributed by atoms with Gasteiger partial charge in [0, 0.05) is 51.3 Å². The van der Waals surface area contributed by atoms with Crippen molar-refractivity contribution < 1.29 is 13.9 Å². The minimum atomic E-state index is -0.480. The number of halogens is 1. The molecule has 1 aromatic carbocycles. The first-order chi connectivity index (χ1) is 15.7. The Bertz CT molecular complexity index is 1060. The van der Waals surface area contributed by atoms with E-state index in [1.54, 1.807) is 35.4 Å². The van der Waals surface area contributed by atoms with Gasteiger partial charge in [0.2, 0.25) is 0 Å². The Morgan fingerprint density at radius 2 is 2.00 bits per heavy atom. The first-order valence-electron chi connectivity index (χ1n) is 10.6. The molecule has 0 spiro atoms. The molecule has 166 valence electrons. The van der Waals surface area contributed by atoms with Crippen LogP contribution in [0.4, 0.5) is 20.6 Å². The Morgan fingerprint density at radius 1 is 1.12 bits per heavy atom. The van der Waals surface area contributed by atoms with Crippen LogP contribution in [0.3, 0.4) is 0 Å². The SMILES string of the molecule is O=C1O[C@@H](Cn2ccnn2)CN1c1ccc(N2CCN(Cc3cccnc3)CC2)c(F)c1. The molecule has 9 nitrogen and oxygen atoms in total. The summed E-state index contributed by atoms with van der Waals surface area (Å²) in [5, 5.41) is 7.64. The summed E-state index contributed by atoms with van der Waals surface area (Å²) in [6.07, 6.45) is 6.09. The number of pyridine rings is 1. The van der Waals surface area contributed by atoms with Gasteiger partial charge in [-0.25, -0.2) is 13.9 Å². The Labute approximate surface area is 185 Å². The van der Waals surface area contributed by atoms with Crippen LogP contribution in [-0.4, -0.2) is 69.8 Å². The lowest BCUT2D eigenvalue weighted by Crippen LogP contribution is -2.46. The van der Waals surface area contributed by atoms with Crippen LogP contribution in [0.5, 0.6) is 0 Å². The summed E-state index contributed by atoms with van der Waals surface area (Å²) < 4.78 is 22.0. The average Bonchev–Trinajstić information content (AvgIpc) is 3.45. The van der Waals surface area contributed by atoms with E-state index < -0.39 is 6.09 Å². The van der Waals surface area contributed by atoms with E-state index in [0.717, 1.165) is 32.7 Å². The summed E-state index contributed by atoms with van der Waals surface area (Å²) in [7, 11) is 0. The number of rotatable bonds is 6. The summed E-state index contributed by atoms with van der Waals surface area (Å²) in [6.45, 7) is 4.76. The number of anilines is 2. The average molecular weight is 437 g/mol. The fourth-order valence-electron chi connectivity index (χ4n) is 4.18. The molecule has 0 unspecified atom stereocenters. The van der Waals surface area contributed by atoms with Crippen LogP contribution in [0.2, 0.25) is 0 Å². The molecule has 0 aliphatic carbocycles. The van der Waals surface area contributed by atoms with Gasteiger partial charge in [-0.1, -0.05) is 11.3 Å². The molecule has 5 rings (SSSR count). The van der Waals surface area contributed by atoms with Gasteiger partial charge in [0.1, 0.15) is 11.9 Å². The van der Waals surface area contributed by atoms with E-state index in [-0.39, 0.29) is 11.9 Å². The summed E-state index contributed by atoms with van der Waals surface area (Å²) in [6, 6.07) is 8.95. The van der Waals surface area contributed by atoms with Gasteiger partial charge in [0.05, 0.1) is 30.7 Å². The van der Waals surface area contributed by atoms with Crippen LogP contribution < -0.4 is 9.80 Å². The molecule has 2 aliphatic rings. The van der Waals surface area contributed by atoms with Crippen molar-refractivity contribution in [3.05, 3.63) is 66.5 Å². The number of cyclic esters (lactones) is 1. The second-order valence-corrected chi connectivity index (χ2v) is 8.00. The van der Waals surface area contributed by atoms with Crippen LogP contribution in [0.25, 0.3) is 0 Å². The first kappa shape index (κ1) is 20.4. The third-order valence-corrected chi connectivity index (χ3v) is 5.82. The molecular weight excluding hydrogens is 413 g/mol. The van der Waals surface area contributed by atoms with Crippen molar-refractivity contribution >= 4 is 17.5 Å². The van der Waals surface area contributed by atoms with Crippen LogP contribution in [0, 0.1) is 5.82 Å². The van der Waals surface area contributed by atoms with Gasteiger partial charge in [-0.3, -0.25) is 14.8 Å². The van der Waals surface area contributed by atoms with Crippen molar-refractivity contribution in [2.75, 3.05) is 42.5 Å². The lowest BCUT2D eigenvalue weighted by Gasteiger charge is -2.36. The minimum absolute atomic E-state index is 0.337. The number of piperazine rings is 1. The van der Waals surface area contributed by atoms with Crippen LogP contribution in [0.15, 0.2) is 55.1 Å². The first-order valence-corrected chi connectivity index (χ1v) is 10.6. The highest BCUT2D eigenvalue weighted by Crippen LogP contribution is 2.29. The summed E-state index contributed by atoms with van der Waals surface area (Å²) in [5.74, 6) is -0.337. The number of carbonyl (C=O) groups is 1. The second-order valence-electron chi connectivity index (χ2n) is 8.00. The number of hydrogen-bond acceptors (Lipinski definition) is 7. The van der Waals surface area contributed by atoms with Crippen molar-refractivity contribution in [3.63, 3.8) is 0 Å². The summed E-state index contributed by atoms with van der Waals surface area (Å²) in [4.78, 5) is 22.3. The van der Waals surface area contributed by atoms with Gasteiger partial charge in [-0.2, -0.15) is 0 Å². The summed E-state index contributed by atoms with van der Waals surface area (Å²) >= 11 is 0. The number of aromatic nitrogens is 4. The van der Waals surface area contributed by atoms with Crippen molar-refractivity contribution in [1.29, 1.82) is 0 Å². The van der Waals surface area contributed by atoms with Gasteiger partial charge in [0.25, 0.3) is 0 Å². The van der Waals surface area contributed by atoms with E-state index in [2.05, 4.69) is 31.2 Å². The van der Waals surface area contributed by atoms with E-state index in [0.29, 0.717) is 24.5 Å². The van der Waals surface area contributed by atoms with Crippen molar-refractivity contribution in [1.82, 2.24) is 24.9 Å². The van der Waals surface area contributed by atoms with E-state index in [1.165, 1.54) is 16.5 Å². The highest BCUT2D eigenvalue weighted by molar-refractivity contribution is 5.90. The monoisotopic (exact) mass is 437 g/mol. The largest absolute Gasteiger partial charge is 0.442 e. The topological polar surface area (TPSA) is 79.6 Å². The molecule has 4 heterocycles. The zero-order valence-electron chi connectivity index (χ0n) is 17.5. The quantitative estimate of drug-likeness (QED) is 0.585. The molecular formula is C22H24FN7O2. The van der Waals surface area contributed by atoms with Gasteiger partial charge < -0.3 is 9.64 Å². The zero-order chi connectivity index (χ0) is 21.9. The van der Waals surface area contributed by atoms with Crippen molar-refractivity contribution in [3.8, 4) is 0 Å². The normalized spacial score (nSPS) is 19.4. The number of amides is 1. The Balaban J connectivity index is 1.20. The van der Waals surface area contributed by atoms with E-state index in [9.17, 15) is 9.18 Å². The van der Waals surface area contributed by atoms with Crippen molar-refractivity contribution in [2.24, 2.45) is 0 Å². The third kappa shape index (κ3) is 4.40. The molecule has 0 N–H and O–H groups in total. The maximum Gasteiger partial charge on any atom is 0.414 e. The highest BCUT2D eigenvalue weighted by Gasteiger charge is 2.33. The number of ether oxygens (including phenoxy) is 1. The fraction of sp³-hybridized carbons (Fsp3) is 0.364. The molecule has 2 aliphatic heterocycles. The van der Waals surface area contributed by atoms with Crippen molar-refractivity contribution in [2.45, 2.75) is 19.2 Å². The second kappa shape index (κ2) is 8.91. The molecule has 10 heteroatoms. The molecule has 2 saturated heterocycles. The smallest absolute Gasteiger partial charge is 0.414 e. The molecule has 32 heavy (non-hydrogen) atoms. The predicted octanol–water partition coefficient (Wildman–Crippen LogP) is 2.16. The van der Waals surface area contributed by atoms with Gasteiger partial charge >= 0.3 is 6.09 Å². The Kier molecular flexibility index (Phi) is 5.68. The number of hydrogen-bond donors (Lipinski definition) is 0. The van der Waals surface area contributed by atoms with E-state index in [4.69, 9.17) is 4.74 Å². The van der Waals surface area contributed by atoms with E-state index in [1.807, 2.05) is 12.3 Å². The van der Waals surface area contributed by atoms with Crippen LogP contribution in [0.1, 0.15) is 5.56 Å². The van der Waals surface area contributed by atoms with Crippen LogP contribution >= 0.6 is 0 Å². The Hall–Kier alpha value is -3.53. The lowest BCUT2D eigenvalue weighted by molar-refractivity contribution is 0.129. The van der Waals surface area contributed by atoms with Gasteiger partial charge in [-0.05, 0) is 29.8 Å². The molecule has 2 aromatic heterocycles. The van der Waals surface area contributed by atoms with E-state index >= 15 is 0 Å². The van der Waals surface area contributed by atoms with Gasteiger partial charge in [-0.15, -0.1) is 5.10 Å². The number of carbonyl (C=O) groups excluding carboxylic acids is 1. The number of benzene rings is 1. The maximum absolute atomic E-state index is 15.0. The molecule has 0 saturated carbocycles. The number of nitrogens with zero attached hydrogens (tertiary/aromatic N) is 7. The van der Waals surface area contributed by atoms with Crippen LogP contribution in [-0.2, 0) is 17.8 Å². The maximum atomic E-state index is 15.0. The fourth-order valence-corrected chi connectivity index (χ4v) is 4.18. The standard InChI is InChI=1S/C22H24FN7O2/c23-20-12-18(30-16-19(32-22(30)31)15-29-7-6-25-26-29)3-4-21(20)28-10-8-27(9-11-28)14-17-2-1-5-24-13-17/h1-7,12-13,19H,8-11,14-16H2/t19-/m0/s1. The Morgan fingerprint density at radius 3 is 2.72 bits per heavy atom. The molecule has 2 fully saturated rings. The predicted molar refractivity (Wildman–Crippen MR) is 116 cm³/mol. The third-order valence-electron chi connectivity index (χ3n) is 5.82. The lowest BCUT2D eigenvalue weighted by atomic mass is 10.2. The molecule has 3 aromatic rings. The minimum Gasteiger partial charge on any atom is -0.442 e. The molecule has 0 radical (unpaired) electrons.